The molecule has 0 spiro atoms. The van der Waals surface area contributed by atoms with Crippen molar-refractivity contribution in [3.05, 3.63) is 22.6 Å². The summed E-state index contributed by atoms with van der Waals surface area (Å²) < 4.78 is 1.49. The number of rotatable bonds is 3. The van der Waals surface area contributed by atoms with Gasteiger partial charge in [0.1, 0.15) is 0 Å². The number of anilines is 1. The highest BCUT2D eigenvalue weighted by Gasteiger charge is 2.12. The third-order valence-electron chi connectivity index (χ3n) is 2.87. The molecule has 0 amide bonds. The van der Waals surface area contributed by atoms with Crippen molar-refractivity contribution < 1.29 is 0 Å². The fourth-order valence-electron chi connectivity index (χ4n) is 2.00. The van der Waals surface area contributed by atoms with Crippen molar-refractivity contribution in [2.24, 2.45) is 0 Å². The number of aromatic nitrogens is 2. The third kappa shape index (κ3) is 2.64. The van der Waals surface area contributed by atoms with E-state index in [1.54, 1.807) is 12.3 Å². The quantitative estimate of drug-likeness (QED) is 0.793. The third-order valence-corrected chi connectivity index (χ3v) is 3.23. The predicted molar refractivity (Wildman–Crippen MR) is 68.4 cm³/mol. The van der Waals surface area contributed by atoms with Crippen LogP contribution in [0.4, 0.5) is 5.69 Å². The van der Waals surface area contributed by atoms with Gasteiger partial charge in [-0.05, 0) is 19.3 Å². The molecule has 4 nitrogen and oxygen atoms in total. The zero-order valence-corrected chi connectivity index (χ0v) is 10.8. The summed E-state index contributed by atoms with van der Waals surface area (Å²) in [4.78, 5) is 14.0. The lowest BCUT2D eigenvalue weighted by atomic mass is 10.1. The Bertz CT molecular complexity index is 398. The summed E-state index contributed by atoms with van der Waals surface area (Å²) in [5, 5.41) is 4.93. The second kappa shape index (κ2) is 5.48. The summed E-state index contributed by atoms with van der Waals surface area (Å²) >= 11 is 3.31. The van der Waals surface area contributed by atoms with Gasteiger partial charge in [0.15, 0.2) is 0 Å². The van der Waals surface area contributed by atoms with Crippen molar-refractivity contribution >= 4 is 21.6 Å². The number of halogens is 1. The van der Waals surface area contributed by atoms with Crippen LogP contribution in [0.1, 0.15) is 19.3 Å². The lowest BCUT2D eigenvalue weighted by Crippen LogP contribution is -2.32. The molecule has 1 fully saturated rings. The fraction of sp³-hybridized carbons (Fsp3) is 0.636. The summed E-state index contributed by atoms with van der Waals surface area (Å²) in [7, 11) is 0. The van der Waals surface area contributed by atoms with Crippen molar-refractivity contribution in [1.29, 1.82) is 0 Å². The highest BCUT2D eigenvalue weighted by atomic mass is 79.9. The highest BCUT2D eigenvalue weighted by Crippen LogP contribution is 2.16. The zero-order valence-electron chi connectivity index (χ0n) is 9.23. The molecule has 2 heterocycles. The smallest absolute Gasteiger partial charge is 0.268 e. The molecule has 0 atom stereocenters. The van der Waals surface area contributed by atoms with Crippen molar-refractivity contribution in [2.75, 3.05) is 23.3 Å². The van der Waals surface area contributed by atoms with Crippen LogP contribution in [0.2, 0.25) is 0 Å². The van der Waals surface area contributed by atoms with Gasteiger partial charge in [-0.2, -0.15) is 5.10 Å². The Balaban J connectivity index is 2.16. The number of alkyl halides is 1. The lowest BCUT2D eigenvalue weighted by molar-refractivity contribution is 0.570. The maximum Gasteiger partial charge on any atom is 0.268 e. The Morgan fingerprint density at radius 2 is 2.06 bits per heavy atom. The van der Waals surface area contributed by atoms with Gasteiger partial charge < -0.3 is 4.90 Å². The Morgan fingerprint density at radius 1 is 1.31 bits per heavy atom. The van der Waals surface area contributed by atoms with E-state index in [4.69, 9.17) is 0 Å². The summed E-state index contributed by atoms with van der Waals surface area (Å²) in [6, 6.07) is 1.70. The van der Waals surface area contributed by atoms with Gasteiger partial charge >= 0.3 is 0 Å². The van der Waals surface area contributed by atoms with Gasteiger partial charge in [-0.3, -0.25) is 4.79 Å². The molecule has 5 heteroatoms. The first kappa shape index (κ1) is 11.6. The molecule has 0 radical (unpaired) electrons. The van der Waals surface area contributed by atoms with Crippen molar-refractivity contribution in [3.8, 4) is 0 Å². The molecule has 1 aliphatic rings. The topological polar surface area (TPSA) is 38.1 Å². The van der Waals surface area contributed by atoms with Crippen LogP contribution in [-0.4, -0.2) is 28.2 Å². The molecule has 2 rings (SSSR count). The van der Waals surface area contributed by atoms with Crippen LogP contribution in [0.5, 0.6) is 0 Å². The molecular formula is C11H16BrN3O. The molecule has 1 aromatic heterocycles. The zero-order chi connectivity index (χ0) is 11.4. The standard InChI is InChI=1S/C11H16BrN3O/c12-4-7-15-11(16)8-10(9-13-15)14-5-2-1-3-6-14/h8-9H,1-7H2. The van der Waals surface area contributed by atoms with E-state index in [0.717, 1.165) is 24.1 Å². The van der Waals surface area contributed by atoms with Crippen molar-refractivity contribution in [2.45, 2.75) is 25.8 Å². The van der Waals surface area contributed by atoms with Gasteiger partial charge in [-0.25, -0.2) is 4.68 Å². The van der Waals surface area contributed by atoms with Crippen LogP contribution < -0.4 is 10.5 Å². The summed E-state index contributed by atoms with van der Waals surface area (Å²) in [5.41, 5.74) is 0.957. The molecule has 1 saturated heterocycles. The van der Waals surface area contributed by atoms with Gasteiger partial charge in [0.2, 0.25) is 0 Å². The highest BCUT2D eigenvalue weighted by molar-refractivity contribution is 9.09. The SMILES string of the molecule is O=c1cc(N2CCCCC2)cnn1CCBr. The van der Waals surface area contributed by atoms with Crippen LogP contribution in [0.15, 0.2) is 17.1 Å². The average molecular weight is 286 g/mol. The van der Waals surface area contributed by atoms with Crippen molar-refractivity contribution in [1.82, 2.24) is 9.78 Å². The molecule has 0 aromatic carbocycles. The van der Waals surface area contributed by atoms with Crippen LogP contribution in [-0.2, 0) is 6.54 Å². The molecule has 0 bridgehead atoms. The molecule has 88 valence electrons. The van der Waals surface area contributed by atoms with E-state index in [0.29, 0.717) is 6.54 Å². The Kier molecular flexibility index (Phi) is 3.98. The molecule has 0 unspecified atom stereocenters. The van der Waals surface area contributed by atoms with Gasteiger partial charge in [0.05, 0.1) is 18.4 Å². The largest absolute Gasteiger partial charge is 0.370 e. The van der Waals surface area contributed by atoms with E-state index in [-0.39, 0.29) is 5.56 Å². The van der Waals surface area contributed by atoms with Crippen LogP contribution in [0.25, 0.3) is 0 Å². The first-order valence-electron chi connectivity index (χ1n) is 5.69. The first-order valence-corrected chi connectivity index (χ1v) is 6.81. The minimum Gasteiger partial charge on any atom is -0.370 e. The molecule has 0 saturated carbocycles. The second-order valence-corrected chi connectivity index (χ2v) is 4.80. The monoisotopic (exact) mass is 285 g/mol. The van der Waals surface area contributed by atoms with E-state index >= 15 is 0 Å². The number of hydrogen-bond donors (Lipinski definition) is 0. The summed E-state index contributed by atoms with van der Waals surface area (Å²) in [6.45, 7) is 2.71. The molecule has 16 heavy (non-hydrogen) atoms. The van der Waals surface area contributed by atoms with E-state index in [1.807, 2.05) is 0 Å². The predicted octanol–water partition coefficient (Wildman–Crippen LogP) is 1.63. The van der Waals surface area contributed by atoms with E-state index in [9.17, 15) is 4.79 Å². The Hall–Kier alpha value is -0.840. The molecular weight excluding hydrogens is 270 g/mol. The van der Waals surface area contributed by atoms with Gasteiger partial charge in [0, 0.05) is 24.5 Å². The average Bonchev–Trinajstić information content (AvgIpc) is 2.33. The van der Waals surface area contributed by atoms with Crippen LogP contribution in [0.3, 0.4) is 0 Å². The first-order chi connectivity index (χ1) is 7.81. The van der Waals surface area contributed by atoms with Crippen LogP contribution >= 0.6 is 15.9 Å². The molecule has 0 aliphatic carbocycles. The molecule has 0 N–H and O–H groups in total. The summed E-state index contributed by atoms with van der Waals surface area (Å²) in [6.07, 6.45) is 5.52. The van der Waals surface area contributed by atoms with Gasteiger partial charge in [0.25, 0.3) is 5.56 Å². The summed E-state index contributed by atoms with van der Waals surface area (Å²) in [5.74, 6) is 0. The lowest BCUT2D eigenvalue weighted by Gasteiger charge is -2.28. The van der Waals surface area contributed by atoms with E-state index in [1.165, 1.54) is 23.9 Å². The van der Waals surface area contributed by atoms with Crippen molar-refractivity contribution in [3.63, 3.8) is 0 Å². The maximum absolute atomic E-state index is 11.7. The van der Waals surface area contributed by atoms with Crippen LogP contribution in [0, 0.1) is 0 Å². The van der Waals surface area contributed by atoms with Gasteiger partial charge in [-0.1, -0.05) is 15.9 Å². The van der Waals surface area contributed by atoms with E-state index in [2.05, 4.69) is 25.9 Å². The fourth-order valence-corrected chi connectivity index (χ4v) is 2.33. The number of aryl methyl sites for hydroxylation is 1. The Labute approximate surface area is 103 Å². The van der Waals surface area contributed by atoms with E-state index < -0.39 is 0 Å². The normalized spacial score (nSPS) is 16.4. The number of nitrogens with zero attached hydrogens (tertiary/aromatic N) is 3. The minimum atomic E-state index is -0.0116. The van der Waals surface area contributed by atoms with Gasteiger partial charge in [-0.15, -0.1) is 0 Å². The maximum atomic E-state index is 11.7. The number of piperidine rings is 1. The molecule has 1 aromatic rings. The Morgan fingerprint density at radius 3 is 2.69 bits per heavy atom. The molecule has 1 aliphatic heterocycles. The minimum absolute atomic E-state index is 0.0116. The number of hydrogen-bond acceptors (Lipinski definition) is 3. The second-order valence-electron chi connectivity index (χ2n) is 4.01.